The van der Waals surface area contributed by atoms with Gasteiger partial charge >= 0.3 is 0 Å². The van der Waals surface area contributed by atoms with E-state index in [0.29, 0.717) is 11.8 Å². The summed E-state index contributed by atoms with van der Waals surface area (Å²) < 4.78 is 0. The average Bonchev–Trinajstić information content (AvgIpc) is 2.04. The zero-order chi connectivity index (χ0) is 9.84. The largest absolute Gasteiger partial charge is 0.0995 e. The Balaban J connectivity index is 2.96. The number of hydrogen-bond donors (Lipinski definition) is 0. The Morgan fingerprint density at radius 2 is 1.69 bits per heavy atom. The Morgan fingerprint density at radius 1 is 1.15 bits per heavy atom. The monoisotopic (exact) mass is 174 g/mol. The summed E-state index contributed by atoms with van der Waals surface area (Å²) in [5.41, 5.74) is 2.63. The van der Waals surface area contributed by atoms with Crippen molar-refractivity contribution in [1.82, 2.24) is 0 Å². The highest BCUT2D eigenvalue weighted by molar-refractivity contribution is 5.27. The van der Waals surface area contributed by atoms with Gasteiger partial charge in [0, 0.05) is 5.92 Å². The van der Waals surface area contributed by atoms with Gasteiger partial charge in [-0.2, -0.15) is 0 Å². The molecular formula is C13H18. The van der Waals surface area contributed by atoms with E-state index in [0.717, 1.165) is 0 Å². The number of rotatable bonds is 3. The first-order valence-corrected chi connectivity index (χ1v) is 4.83. The molecule has 1 aromatic rings. The highest BCUT2D eigenvalue weighted by Crippen LogP contribution is 2.30. The third-order valence-corrected chi connectivity index (χ3v) is 2.36. The fourth-order valence-electron chi connectivity index (χ4n) is 1.90. The van der Waals surface area contributed by atoms with Gasteiger partial charge in [0.25, 0.3) is 0 Å². The highest BCUT2D eigenvalue weighted by Gasteiger charge is 2.15. The van der Waals surface area contributed by atoms with Crippen LogP contribution in [0.2, 0.25) is 0 Å². The third kappa shape index (κ3) is 2.45. The molecule has 1 rings (SSSR count). The smallest absolute Gasteiger partial charge is 0.00657 e. The van der Waals surface area contributed by atoms with Crippen molar-refractivity contribution in [2.45, 2.75) is 26.7 Å². The third-order valence-electron chi connectivity index (χ3n) is 2.36. The molecule has 0 saturated heterocycles. The van der Waals surface area contributed by atoms with Crippen molar-refractivity contribution in [2.75, 3.05) is 0 Å². The predicted octanol–water partition coefficient (Wildman–Crippen LogP) is 4.00. The minimum Gasteiger partial charge on any atom is -0.0995 e. The molecule has 1 atom stereocenters. The molecule has 0 heterocycles. The first-order chi connectivity index (χ1) is 6.13. The maximum Gasteiger partial charge on any atom is 0.00657 e. The van der Waals surface area contributed by atoms with Crippen molar-refractivity contribution in [3.8, 4) is 0 Å². The Kier molecular flexibility index (Phi) is 3.30. The Hall–Kier alpha value is -1.04. The Labute approximate surface area is 81.3 Å². The van der Waals surface area contributed by atoms with Crippen LogP contribution in [0.3, 0.4) is 0 Å². The maximum absolute atomic E-state index is 4.05. The first-order valence-electron chi connectivity index (χ1n) is 4.83. The summed E-state index contributed by atoms with van der Waals surface area (Å²) in [6.45, 7) is 10.6. The number of allylic oxidation sites excluding steroid dienone is 1. The maximum atomic E-state index is 4.05. The van der Waals surface area contributed by atoms with Crippen molar-refractivity contribution in [3.05, 3.63) is 48.0 Å². The second-order valence-electron chi connectivity index (χ2n) is 3.98. The van der Waals surface area contributed by atoms with Crippen LogP contribution in [-0.2, 0) is 0 Å². The summed E-state index contributed by atoms with van der Waals surface area (Å²) in [4.78, 5) is 0. The van der Waals surface area contributed by atoms with Gasteiger partial charge in [0.05, 0.1) is 0 Å². The normalized spacial score (nSPS) is 12.9. The van der Waals surface area contributed by atoms with E-state index >= 15 is 0 Å². The van der Waals surface area contributed by atoms with Gasteiger partial charge in [-0.3, -0.25) is 0 Å². The van der Waals surface area contributed by atoms with Crippen molar-refractivity contribution >= 4 is 0 Å². The van der Waals surface area contributed by atoms with Crippen LogP contribution in [-0.4, -0.2) is 0 Å². The van der Waals surface area contributed by atoms with Crippen LogP contribution >= 0.6 is 0 Å². The molecule has 0 bridgehead atoms. The van der Waals surface area contributed by atoms with Gasteiger partial charge in [-0.05, 0) is 18.4 Å². The summed E-state index contributed by atoms with van der Waals surface area (Å²) in [5, 5.41) is 0. The first kappa shape index (κ1) is 10.0. The standard InChI is InChI=1S/C13H18/c1-10(2)13(11(3)4)12-8-6-5-7-9-12/h5-9,11,13H,1H2,2-4H3. The molecule has 0 aromatic heterocycles. The van der Waals surface area contributed by atoms with E-state index in [-0.39, 0.29) is 0 Å². The summed E-state index contributed by atoms with van der Waals surface area (Å²) in [7, 11) is 0. The van der Waals surface area contributed by atoms with E-state index in [1.165, 1.54) is 11.1 Å². The second kappa shape index (κ2) is 4.27. The van der Waals surface area contributed by atoms with Crippen molar-refractivity contribution in [1.29, 1.82) is 0 Å². The molecule has 0 heteroatoms. The molecular weight excluding hydrogens is 156 g/mol. The van der Waals surface area contributed by atoms with Crippen LogP contribution in [0.4, 0.5) is 0 Å². The molecule has 0 saturated carbocycles. The molecule has 70 valence electrons. The summed E-state index contributed by atoms with van der Waals surface area (Å²) >= 11 is 0. The second-order valence-corrected chi connectivity index (χ2v) is 3.98. The van der Waals surface area contributed by atoms with Gasteiger partial charge in [-0.15, -0.1) is 0 Å². The van der Waals surface area contributed by atoms with Crippen LogP contribution < -0.4 is 0 Å². The van der Waals surface area contributed by atoms with Gasteiger partial charge < -0.3 is 0 Å². The van der Waals surface area contributed by atoms with E-state index in [1.807, 2.05) is 0 Å². The molecule has 0 N–H and O–H groups in total. The molecule has 0 radical (unpaired) electrons. The van der Waals surface area contributed by atoms with E-state index < -0.39 is 0 Å². The van der Waals surface area contributed by atoms with Gasteiger partial charge in [0.1, 0.15) is 0 Å². The van der Waals surface area contributed by atoms with Crippen LogP contribution in [0.15, 0.2) is 42.5 Å². The molecule has 0 nitrogen and oxygen atoms in total. The van der Waals surface area contributed by atoms with E-state index in [9.17, 15) is 0 Å². The fraction of sp³-hybridized carbons (Fsp3) is 0.385. The molecule has 1 unspecified atom stereocenters. The van der Waals surface area contributed by atoms with Crippen molar-refractivity contribution in [2.24, 2.45) is 5.92 Å². The van der Waals surface area contributed by atoms with Gasteiger partial charge in [-0.25, -0.2) is 0 Å². The lowest BCUT2D eigenvalue weighted by Crippen LogP contribution is -2.07. The molecule has 0 spiro atoms. The lowest BCUT2D eigenvalue weighted by molar-refractivity contribution is 0.556. The Bertz CT molecular complexity index is 269. The molecule has 1 aromatic carbocycles. The van der Waals surface area contributed by atoms with Crippen molar-refractivity contribution in [3.63, 3.8) is 0 Å². The van der Waals surface area contributed by atoms with E-state index in [1.54, 1.807) is 0 Å². The Morgan fingerprint density at radius 3 is 2.08 bits per heavy atom. The average molecular weight is 174 g/mol. The predicted molar refractivity (Wildman–Crippen MR) is 58.8 cm³/mol. The highest BCUT2D eigenvalue weighted by atomic mass is 14.2. The van der Waals surface area contributed by atoms with Crippen LogP contribution in [0, 0.1) is 5.92 Å². The lowest BCUT2D eigenvalue weighted by Gasteiger charge is -2.21. The fourth-order valence-corrected chi connectivity index (χ4v) is 1.90. The van der Waals surface area contributed by atoms with Gasteiger partial charge in [-0.1, -0.05) is 56.3 Å². The molecule has 13 heavy (non-hydrogen) atoms. The van der Waals surface area contributed by atoms with Crippen LogP contribution in [0.25, 0.3) is 0 Å². The summed E-state index contributed by atoms with van der Waals surface area (Å²) in [6, 6.07) is 10.6. The van der Waals surface area contributed by atoms with Gasteiger partial charge in [0.2, 0.25) is 0 Å². The zero-order valence-corrected chi connectivity index (χ0v) is 8.75. The minimum atomic E-state index is 0.501. The molecule has 0 aliphatic rings. The van der Waals surface area contributed by atoms with Crippen LogP contribution in [0.5, 0.6) is 0 Å². The van der Waals surface area contributed by atoms with E-state index in [4.69, 9.17) is 0 Å². The molecule has 0 aliphatic carbocycles. The quantitative estimate of drug-likeness (QED) is 0.607. The topological polar surface area (TPSA) is 0 Å². The zero-order valence-electron chi connectivity index (χ0n) is 8.75. The minimum absolute atomic E-state index is 0.501. The summed E-state index contributed by atoms with van der Waals surface area (Å²) in [6.07, 6.45) is 0. The number of benzene rings is 1. The van der Waals surface area contributed by atoms with Crippen molar-refractivity contribution < 1.29 is 0 Å². The lowest BCUT2D eigenvalue weighted by atomic mass is 9.84. The molecule has 0 aliphatic heterocycles. The molecule has 0 amide bonds. The van der Waals surface area contributed by atoms with Crippen LogP contribution in [0.1, 0.15) is 32.3 Å². The van der Waals surface area contributed by atoms with Gasteiger partial charge in [0.15, 0.2) is 0 Å². The SMILES string of the molecule is C=C(C)C(c1ccccc1)C(C)C. The molecule has 0 fully saturated rings. The number of hydrogen-bond acceptors (Lipinski definition) is 0. The summed E-state index contributed by atoms with van der Waals surface area (Å²) in [5.74, 6) is 1.13. The van der Waals surface area contributed by atoms with E-state index in [2.05, 4.69) is 57.7 Å².